The van der Waals surface area contributed by atoms with Gasteiger partial charge in [-0.2, -0.15) is 0 Å². The van der Waals surface area contributed by atoms with Crippen LogP contribution in [0.15, 0.2) is 11.6 Å². The number of carboxylic acid groups (broad SMARTS) is 1. The van der Waals surface area contributed by atoms with E-state index in [2.05, 4.69) is 59.9 Å². The molecule has 4 saturated carbocycles. The third kappa shape index (κ3) is 6.53. The summed E-state index contributed by atoms with van der Waals surface area (Å²) in [6.45, 7) is 17.3. The molecule has 13 heteroatoms. The first-order valence-electron chi connectivity index (χ1n) is 21.2. The van der Waals surface area contributed by atoms with E-state index in [1.165, 1.54) is 12.5 Å². The van der Waals surface area contributed by atoms with Crippen molar-refractivity contribution in [1.82, 2.24) is 5.32 Å². The SMILES string of the molecule is CC(=O)N[C@H]1[C@H](O[C@H]2CC[C@]3(C)[C@H]4CC=C5[C@@H]6CC(C)(C)CC[C@]6(C(=O)O)CC[C@@]5(C)[C@]4(C)CC[C@H]3C2(C)C)O[C@H](CO[C@@H]2OC[C@H](O)[C@H](O)[C@H]2O)[C@@H](O)[C@@H]1O. The van der Waals surface area contributed by atoms with Gasteiger partial charge in [-0.25, -0.2) is 0 Å². The number of rotatable bonds is 7. The van der Waals surface area contributed by atoms with Crippen LogP contribution < -0.4 is 5.32 Å². The third-order valence-corrected chi connectivity index (χ3v) is 17.3. The minimum atomic E-state index is -1.54. The molecule has 2 aliphatic heterocycles. The van der Waals surface area contributed by atoms with Gasteiger partial charge in [0.2, 0.25) is 5.91 Å². The second-order valence-electron chi connectivity index (χ2n) is 21.0. The van der Waals surface area contributed by atoms with Crippen molar-refractivity contribution in [3.8, 4) is 0 Å². The standard InChI is InChI=1S/C43H69NO12/c1-22(45)44-30-33(49)32(48)26(21-54-36-34(50)31(47)25(46)20-53-36)55-35(30)56-29-12-13-40(6)27(39(29,4)5)11-14-42(8)28(40)10-9-23-24-19-38(2,3)15-17-43(24,37(51)52)18-16-41(23,42)7/h9,24-36,46-50H,10-21H2,1-8H3,(H,44,45)(H,51,52)/t24-,25-,26+,27-,28+,29-,30+,31-,32+,33+,34+,35-,36-,40-,41+,42+,43-/m0/s1. The fourth-order valence-corrected chi connectivity index (χ4v) is 13.7. The molecule has 0 unspecified atom stereocenters. The molecule has 17 atom stereocenters. The zero-order valence-electron chi connectivity index (χ0n) is 34.7. The zero-order valence-corrected chi connectivity index (χ0v) is 34.7. The van der Waals surface area contributed by atoms with Gasteiger partial charge in [0.1, 0.15) is 42.7 Å². The molecule has 56 heavy (non-hydrogen) atoms. The number of carbonyl (C=O) groups excluding carboxylic acids is 1. The number of hydrogen-bond donors (Lipinski definition) is 7. The number of fused-ring (bicyclic) bond motifs is 7. The molecule has 7 aliphatic rings. The molecule has 5 aliphatic carbocycles. The lowest BCUT2D eigenvalue weighted by molar-refractivity contribution is -0.322. The molecular formula is C43H69NO12. The summed E-state index contributed by atoms with van der Waals surface area (Å²) in [6, 6.07) is -1.07. The Bertz CT molecular complexity index is 1550. The van der Waals surface area contributed by atoms with E-state index in [0.717, 1.165) is 57.8 Å². The Kier molecular flexibility index (Phi) is 11.0. The van der Waals surface area contributed by atoms with Crippen molar-refractivity contribution < 1.29 is 59.2 Å². The largest absolute Gasteiger partial charge is 0.481 e. The van der Waals surface area contributed by atoms with Crippen LogP contribution >= 0.6 is 0 Å². The van der Waals surface area contributed by atoms with E-state index in [1.807, 2.05) is 0 Å². The highest BCUT2D eigenvalue weighted by molar-refractivity contribution is 5.76. The van der Waals surface area contributed by atoms with Crippen molar-refractivity contribution in [2.75, 3.05) is 13.2 Å². The van der Waals surface area contributed by atoms with Crippen LogP contribution in [0.3, 0.4) is 0 Å². The summed E-state index contributed by atoms with van der Waals surface area (Å²) in [5, 5.41) is 66.2. The summed E-state index contributed by atoms with van der Waals surface area (Å²) in [7, 11) is 0. The fourth-order valence-electron chi connectivity index (χ4n) is 13.7. The van der Waals surface area contributed by atoms with Crippen molar-refractivity contribution in [3.63, 3.8) is 0 Å². The van der Waals surface area contributed by atoms with Crippen LogP contribution in [0.25, 0.3) is 0 Å². The summed E-state index contributed by atoms with van der Waals surface area (Å²) in [6.07, 6.45) is 0.178. The average molecular weight is 792 g/mol. The number of aliphatic hydroxyl groups excluding tert-OH is 5. The van der Waals surface area contributed by atoms with E-state index < -0.39 is 72.5 Å². The molecule has 7 rings (SSSR count). The maximum absolute atomic E-state index is 13.1. The Morgan fingerprint density at radius 2 is 1.54 bits per heavy atom. The molecule has 0 aromatic rings. The van der Waals surface area contributed by atoms with Gasteiger partial charge in [-0.05, 0) is 109 Å². The molecule has 2 heterocycles. The minimum Gasteiger partial charge on any atom is -0.481 e. The molecule has 0 spiro atoms. The number of carbonyl (C=O) groups is 2. The van der Waals surface area contributed by atoms with Crippen molar-refractivity contribution in [1.29, 1.82) is 0 Å². The first-order chi connectivity index (χ1) is 26.0. The zero-order chi connectivity index (χ0) is 41.0. The Labute approximate surface area is 331 Å². The molecule has 2 saturated heterocycles. The number of hydrogen-bond acceptors (Lipinski definition) is 11. The Hall–Kier alpha value is -1.68. The molecule has 0 aromatic heterocycles. The Morgan fingerprint density at radius 3 is 2.21 bits per heavy atom. The molecule has 0 radical (unpaired) electrons. The van der Waals surface area contributed by atoms with Crippen LogP contribution in [0.4, 0.5) is 0 Å². The second-order valence-corrected chi connectivity index (χ2v) is 21.0. The van der Waals surface area contributed by atoms with Gasteiger partial charge < -0.3 is 54.9 Å². The van der Waals surface area contributed by atoms with Crippen LogP contribution in [0, 0.1) is 50.2 Å². The van der Waals surface area contributed by atoms with E-state index in [4.69, 9.17) is 18.9 Å². The highest BCUT2D eigenvalue weighted by Crippen LogP contribution is 2.76. The lowest BCUT2D eigenvalue weighted by Crippen LogP contribution is -2.67. The van der Waals surface area contributed by atoms with Gasteiger partial charge in [-0.15, -0.1) is 0 Å². The van der Waals surface area contributed by atoms with Crippen LogP contribution in [0.5, 0.6) is 0 Å². The van der Waals surface area contributed by atoms with E-state index in [-0.39, 0.29) is 58.2 Å². The predicted octanol–water partition coefficient (Wildman–Crippen LogP) is 3.66. The summed E-state index contributed by atoms with van der Waals surface area (Å²) in [5.41, 5.74) is 0.380. The van der Waals surface area contributed by atoms with Crippen molar-refractivity contribution >= 4 is 11.9 Å². The minimum absolute atomic E-state index is 0.00142. The lowest BCUT2D eigenvalue weighted by Gasteiger charge is -2.71. The number of allylic oxidation sites excluding steroid dienone is 2. The monoisotopic (exact) mass is 791 g/mol. The lowest BCUT2D eigenvalue weighted by atomic mass is 9.33. The number of ether oxygens (including phenoxy) is 4. The van der Waals surface area contributed by atoms with Crippen LogP contribution in [0.2, 0.25) is 0 Å². The predicted molar refractivity (Wildman–Crippen MR) is 204 cm³/mol. The van der Waals surface area contributed by atoms with Gasteiger partial charge >= 0.3 is 5.97 Å². The summed E-state index contributed by atoms with van der Waals surface area (Å²) in [4.78, 5) is 25.4. The topological polar surface area (TPSA) is 204 Å². The number of aliphatic carboxylic acids is 1. The molecule has 0 bridgehead atoms. The fraction of sp³-hybridized carbons (Fsp3) is 0.907. The molecule has 6 fully saturated rings. The second kappa shape index (κ2) is 14.5. The first kappa shape index (κ1) is 42.4. The van der Waals surface area contributed by atoms with Crippen LogP contribution in [-0.2, 0) is 28.5 Å². The van der Waals surface area contributed by atoms with E-state index in [0.29, 0.717) is 12.3 Å². The molecular weight excluding hydrogens is 722 g/mol. The van der Waals surface area contributed by atoms with Gasteiger partial charge in [0.25, 0.3) is 0 Å². The molecule has 13 nitrogen and oxygen atoms in total. The first-order valence-corrected chi connectivity index (χ1v) is 21.2. The van der Waals surface area contributed by atoms with E-state index >= 15 is 0 Å². The van der Waals surface area contributed by atoms with Gasteiger partial charge in [0.05, 0.1) is 24.7 Å². The normalized spacial score (nSPS) is 50.9. The highest BCUT2D eigenvalue weighted by Gasteiger charge is 2.69. The number of aliphatic hydroxyl groups is 5. The number of amides is 1. The summed E-state index contributed by atoms with van der Waals surface area (Å²) in [5.74, 6) is -0.304. The quantitative estimate of drug-likeness (QED) is 0.146. The molecule has 7 N–H and O–H groups in total. The molecule has 318 valence electrons. The number of carboxylic acids is 1. The van der Waals surface area contributed by atoms with E-state index in [9.17, 15) is 40.2 Å². The highest BCUT2D eigenvalue weighted by atomic mass is 16.7. The van der Waals surface area contributed by atoms with Gasteiger partial charge in [-0.3, -0.25) is 9.59 Å². The summed E-state index contributed by atoms with van der Waals surface area (Å²) < 4.78 is 24.2. The summed E-state index contributed by atoms with van der Waals surface area (Å²) >= 11 is 0. The Morgan fingerprint density at radius 1 is 0.839 bits per heavy atom. The van der Waals surface area contributed by atoms with Crippen molar-refractivity contribution in [3.05, 3.63) is 11.6 Å². The molecule has 1 amide bonds. The van der Waals surface area contributed by atoms with Crippen LogP contribution in [-0.4, -0.2) is 117 Å². The van der Waals surface area contributed by atoms with E-state index in [1.54, 1.807) is 0 Å². The maximum Gasteiger partial charge on any atom is 0.310 e. The van der Waals surface area contributed by atoms with Gasteiger partial charge in [-0.1, -0.05) is 60.1 Å². The average Bonchev–Trinajstić information content (AvgIpc) is 3.11. The smallest absolute Gasteiger partial charge is 0.310 e. The Balaban J connectivity index is 1.11. The van der Waals surface area contributed by atoms with Crippen LogP contribution in [0.1, 0.15) is 120 Å². The third-order valence-electron chi connectivity index (χ3n) is 17.3. The van der Waals surface area contributed by atoms with Crippen molar-refractivity contribution in [2.24, 2.45) is 50.2 Å². The number of nitrogens with one attached hydrogen (secondary N) is 1. The van der Waals surface area contributed by atoms with Gasteiger partial charge in [0.15, 0.2) is 12.6 Å². The molecule has 0 aromatic carbocycles. The van der Waals surface area contributed by atoms with Crippen molar-refractivity contribution in [2.45, 2.75) is 181 Å². The van der Waals surface area contributed by atoms with Gasteiger partial charge in [0, 0.05) is 6.92 Å². The maximum atomic E-state index is 13.1.